The quantitative estimate of drug-likeness (QED) is 0.164. The lowest BCUT2D eigenvalue weighted by atomic mass is 9.93. The van der Waals surface area contributed by atoms with Crippen LogP contribution in [0.15, 0.2) is 205 Å². The molecule has 3 aromatic heterocycles. The van der Waals surface area contributed by atoms with Gasteiger partial charge in [0.25, 0.3) is 0 Å². The van der Waals surface area contributed by atoms with Crippen LogP contribution >= 0.6 is 0 Å². The Morgan fingerprint density at radius 3 is 1.59 bits per heavy atom. The van der Waals surface area contributed by atoms with Crippen LogP contribution in [0.4, 0.5) is 0 Å². The number of fused-ring (bicyclic) bond motifs is 11. The summed E-state index contributed by atoms with van der Waals surface area (Å²) in [6, 6.07) is 70.3. The van der Waals surface area contributed by atoms with Crippen molar-refractivity contribution in [3.05, 3.63) is 200 Å². The van der Waals surface area contributed by atoms with Crippen LogP contribution in [0, 0.1) is 0 Å². The fourth-order valence-corrected chi connectivity index (χ4v) is 8.84. The molecule has 4 heteroatoms. The third kappa shape index (κ3) is 5.49. The first kappa shape index (κ1) is 33.2. The third-order valence-corrected chi connectivity index (χ3v) is 11.7. The molecular formula is C55H33N3O. The average Bonchev–Trinajstić information content (AvgIpc) is 3.72. The maximum atomic E-state index is 6.53. The summed E-state index contributed by atoms with van der Waals surface area (Å²) in [7, 11) is 0. The van der Waals surface area contributed by atoms with Gasteiger partial charge >= 0.3 is 0 Å². The van der Waals surface area contributed by atoms with E-state index >= 15 is 0 Å². The molecule has 0 aliphatic carbocycles. The van der Waals surface area contributed by atoms with Crippen LogP contribution in [0.25, 0.3) is 121 Å². The first-order valence-electron chi connectivity index (χ1n) is 19.9. The zero-order chi connectivity index (χ0) is 38.9. The number of para-hydroxylation sites is 2. The molecule has 59 heavy (non-hydrogen) atoms. The lowest BCUT2D eigenvalue weighted by molar-refractivity contribution is 0.669. The zero-order valence-electron chi connectivity index (χ0n) is 31.8. The fourth-order valence-electron chi connectivity index (χ4n) is 8.84. The van der Waals surface area contributed by atoms with Crippen molar-refractivity contribution in [2.75, 3.05) is 0 Å². The summed E-state index contributed by atoms with van der Waals surface area (Å²) in [6.45, 7) is 0. The number of rotatable bonds is 5. The Kier molecular flexibility index (Phi) is 7.50. The van der Waals surface area contributed by atoms with E-state index in [1.165, 1.54) is 32.3 Å². The van der Waals surface area contributed by atoms with Gasteiger partial charge in [-0.05, 0) is 73.8 Å². The summed E-state index contributed by atoms with van der Waals surface area (Å²) in [5, 5.41) is 10.6. The van der Waals surface area contributed by atoms with Crippen LogP contribution < -0.4 is 0 Å². The van der Waals surface area contributed by atoms with Gasteiger partial charge in [-0.3, -0.25) is 0 Å². The largest absolute Gasteiger partial charge is 0.454 e. The summed E-state index contributed by atoms with van der Waals surface area (Å²) in [5.74, 6) is 0.672. The van der Waals surface area contributed by atoms with Crippen LogP contribution in [0.5, 0.6) is 0 Å². The van der Waals surface area contributed by atoms with Crippen molar-refractivity contribution in [1.29, 1.82) is 0 Å². The van der Waals surface area contributed by atoms with Crippen molar-refractivity contribution in [3.63, 3.8) is 0 Å². The first-order chi connectivity index (χ1) is 29.2. The molecule has 0 saturated carbocycles. The van der Waals surface area contributed by atoms with Crippen LogP contribution in [-0.2, 0) is 0 Å². The highest BCUT2D eigenvalue weighted by atomic mass is 16.3. The second kappa shape index (κ2) is 13.3. The number of hydrogen-bond donors (Lipinski definition) is 0. The van der Waals surface area contributed by atoms with E-state index in [0.29, 0.717) is 5.82 Å². The van der Waals surface area contributed by atoms with E-state index in [9.17, 15) is 0 Å². The summed E-state index contributed by atoms with van der Waals surface area (Å²) in [4.78, 5) is 15.8. The van der Waals surface area contributed by atoms with Gasteiger partial charge in [-0.15, -0.1) is 0 Å². The summed E-state index contributed by atoms with van der Waals surface area (Å²) >= 11 is 0. The predicted molar refractivity (Wildman–Crippen MR) is 244 cm³/mol. The minimum atomic E-state index is 0.672. The highest BCUT2D eigenvalue weighted by molar-refractivity contribution is 6.26. The van der Waals surface area contributed by atoms with Gasteiger partial charge in [0, 0.05) is 38.4 Å². The number of nitrogens with zero attached hydrogens (tertiary/aromatic N) is 3. The number of hydrogen-bond acceptors (Lipinski definition) is 4. The molecule has 0 atom stereocenters. The molecule has 0 aliphatic rings. The van der Waals surface area contributed by atoms with Crippen LogP contribution in [0.2, 0.25) is 0 Å². The van der Waals surface area contributed by atoms with Gasteiger partial charge in [-0.2, -0.15) is 0 Å². The number of aromatic nitrogens is 3. The molecule has 0 N–H and O–H groups in total. The lowest BCUT2D eigenvalue weighted by Gasteiger charge is -2.13. The Hall–Kier alpha value is -7.95. The molecule has 0 radical (unpaired) electrons. The molecule has 12 aromatic rings. The van der Waals surface area contributed by atoms with Crippen molar-refractivity contribution in [3.8, 4) is 56.3 Å². The Morgan fingerprint density at radius 2 is 0.847 bits per heavy atom. The molecule has 9 aromatic carbocycles. The average molecular weight is 752 g/mol. The van der Waals surface area contributed by atoms with Gasteiger partial charge in [-0.1, -0.05) is 170 Å². The number of furan rings is 1. The molecule has 0 amide bonds. The van der Waals surface area contributed by atoms with Gasteiger partial charge in [0.2, 0.25) is 0 Å². The van der Waals surface area contributed by atoms with E-state index in [1.807, 2.05) is 24.3 Å². The molecular weight excluding hydrogens is 719 g/mol. The highest BCUT2D eigenvalue weighted by Crippen LogP contribution is 2.41. The minimum absolute atomic E-state index is 0.672. The molecule has 0 saturated heterocycles. The Bertz CT molecular complexity index is 3570. The van der Waals surface area contributed by atoms with Gasteiger partial charge in [0.05, 0.1) is 16.9 Å². The molecule has 3 heterocycles. The monoisotopic (exact) mass is 751 g/mol. The molecule has 0 unspecified atom stereocenters. The number of pyridine rings is 1. The molecule has 4 nitrogen and oxygen atoms in total. The van der Waals surface area contributed by atoms with Crippen LogP contribution in [0.1, 0.15) is 0 Å². The van der Waals surface area contributed by atoms with Gasteiger partial charge < -0.3 is 4.42 Å². The zero-order valence-corrected chi connectivity index (χ0v) is 31.8. The van der Waals surface area contributed by atoms with Crippen molar-refractivity contribution >= 4 is 65.2 Å². The van der Waals surface area contributed by atoms with Gasteiger partial charge in [-0.25, -0.2) is 15.0 Å². The molecule has 0 fully saturated rings. The topological polar surface area (TPSA) is 51.8 Å². The van der Waals surface area contributed by atoms with Crippen molar-refractivity contribution in [2.45, 2.75) is 0 Å². The summed E-state index contributed by atoms with van der Waals surface area (Å²) in [6.07, 6.45) is 0. The van der Waals surface area contributed by atoms with E-state index in [4.69, 9.17) is 19.4 Å². The summed E-state index contributed by atoms with van der Waals surface area (Å²) < 4.78 is 6.53. The standard InChI is InChI=1S/C55H33N3O/c1-2-13-34(14-3-1)37-15-12-16-38(31-37)50-33-49(57-55(58-50)39-29-30-44-42-19-5-4-17-40(42)41-18-6-7-20-43(41)47(44)32-39)35-25-27-36(28-26-35)53-54-52(45-21-8-10-23-48(45)56-53)46-22-9-11-24-51(46)59-54/h1-33H. The van der Waals surface area contributed by atoms with E-state index in [-0.39, 0.29) is 0 Å². The van der Waals surface area contributed by atoms with Gasteiger partial charge in [0.15, 0.2) is 11.4 Å². The van der Waals surface area contributed by atoms with E-state index in [0.717, 1.165) is 83.3 Å². The normalized spacial score (nSPS) is 11.7. The lowest BCUT2D eigenvalue weighted by Crippen LogP contribution is -1.96. The summed E-state index contributed by atoms with van der Waals surface area (Å²) in [5.41, 5.74) is 11.3. The Morgan fingerprint density at radius 1 is 0.305 bits per heavy atom. The minimum Gasteiger partial charge on any atom is -0.454 e. The second-order valence-electron chi connectivity index (χ2n) is 15.1. The molecule has 0 bridgehead atoms. The SMILES string of the molecule is c1ccc(-c2cccc(-c3cc(-c4ccc(-c5nc6ccccc6c6c5oc5ccccc56)cc4)nc(-c4ccc5c6ccccc6c6ccccc6c5c4)n3)c2)cc1. The molecule has 12 rings (SSSR count). The van der Waals surface area contributed by atoms with Crippen molar-refractivity contribution in [2.24, 2.45) is 0 Å². The first-order valence-corrected chi connectivity index (χ1v) is 19.9. The van der Waals surface area contributed by atoms with Crippen LogP contribution in [0.3, 0.4) is 0 Å². The predicted octanol–water partition coefficient (Wildman–Crippen LogP) is 14.7. The highest BCUT2D eigenvalue weighted by Gasteiger charge is 2.19. The maximum Gasteiger partial charge on any atom is 0.162 e. The smallest absolute Gasteiger partial charge is 0.162 e. The third-order valence-electron chi connectivity index (χ3n) is 11.7. The molecule has 0 aliphatic heterocycles. The maximum absolute atomic E-state index is 6.53. The molecule has 274 valence electrons. The Labute approximate surface area is 339 Å². The number of benzene rings is 9. The van der Waals surface area contributed by atoms with E-state index in [1.54, 1.807) is 0 Å². The van der Waals surface area contributed by atoms with Crippen LogP contribution in [-0.4, -0.2) is 15.0 Å². The second-order valence-corrected chi connectivity index (χ2v) is 15.1. The van der Waals surface area contributed by atoms with E-state index in [2.05, 4.69) is 176 Å². The Balaban J connectivity index is 1.03. The van der Waals surface area contributed by atoms with E-state index < -0.39 is 0 Å². The molecule has 0 spiro atoms. The van der Waals surface area contributed by atoms with Crippen molar-refractivity contribution in [1.82, 2.24) is 15.0 Å². The van der Waals surface area contributed by atoms with Crippen molar-refractivity contribution < 1.29 is 4.42 Å². The van der Waals surface area contributed by atoms with Gasteiger partial charge in [0.1, 0.15) is 11.3 Å². The fraction of sp³-hybridized carbons (Fsp3) is 0.